The first-order valence-electron chi connectivity index (χ1n) is 1.51. The fourth-order valence-electron chi connectivity index (χ4n) is 0.224. The second-order valence-electron chi connectivity index (χ2n) is 0.857. The Kier molecular flexibility index (Phi) is 1.56. The third-order valence-electron chi connectivity index (χ3n) is 0.439. The van der Waals surface area contributed by atoms with E-state index >= 15 is 0 Å². The highest BCUT2D eigenvalue weighted by Crippen LogP contribution is 2.23. The zero-order valence-corrected chi connectivity index (χ0v) is 5.34. The minimum atomic E-state index is 1.14. The van der Waals surface area contributed by atoms with E-state index in [9.17, 15) is 0 Å². The van der Waals surface area contributed by atoms with Gasteiger partial charge in [-0.15, -0.1) is 0 Å². The quantitative estimate of drug-likeness (QED) is 0.547. The lowest BCUT2D eigenvalue weighted by molar-refractivity contribution is 1.33. The maximum absolute atomic E-state index is 3.27. The molecular formula is C3H3BrNS. The van der Waals surface area contributed by atoms with Crippen LogP contribution in [0.2, 0.25) is 0 Å². The van der Waals surface area contributed by atoms with Crippen molar-refractivity contribution in [1.29, 1.82) is 0 Å². The Morgan fingerprint density at radius 2 is 2.67 bits per heavy atom. The highest BCUT2D eigenvalue weighted by atomic mass is 79.9. The average molecular weight is 165 g/mol. The van der Waals surface area contributed by atoms with Crippen LogP contribution in [0.15, 0.2) is 9.89 Å². The van der Waals surface area contributed by atoms with Crippen LogP contribution in [0.25, 0.3) is 0 Å². The normalized spacial score (nSPS) is 21.2. The molecule has 1 rings (SSSR count). The van der Waals surface area contributed by atoms with E-state index in [-0.39, 0.29) is 0 Å². The van der Waals surface area contributed by atoms with Crippen molar-refractivity contribution in [2.45, 2.75) is 0 Å². The molecule has 3 heteroatoms. The van der Waals surface area contributed by atoms with Gasteiger partial charge in [-0.05, 0) is 34.0 Å². The molecular weight excluding hydrogens is 162 g/mol. The molecule has 1 nitrogen and oxygen atoms in total. The van der Waals surface area contributed by atoms with Crippen molar-refractivity contribution in [1.82, 2.24) is 4.72 Å². The molecule has 0 aromatic heterocycles. The van der Waals surface area contributed by atoms with Crippen molar-refractivity contribution in [2.24, 2.45) is 0 Å². The van der Waals surface area contributed by atoms with Gasteiger partial charge < -0.3 is 0 Å². The molecule has 0 atom stereocenters. The summed E-state index contributed by atoms with van der Waals surface area (Å²) in [5.41, 5.74) is 0. The van der Waals surface area contributed by atoms with Crippen molar-refractivity contribution in [3.63, 3.8) is 0 Å². The summed E-state index contributed by atoms with van der Waals surface area (Å²) in [7, 11) is 0. The molecule has 1 N–H and O–H groups in total. The zero-order valence-electron chi connectivity index (χ0n) is 2.94. The molecule has 33 valence electrons. The largest absolute Gasteiger partial charge is 0.251 e. The predicted octanol–water partition coefficient (Wildman–Crippen LogP) is 1.64. The molecule has 0 saturated carbocycles. The van der Waals surface area contributed by atoms with Crippen LogP contribution < -0.4 is 4.72 Å². The van der Waals surface area contributed by atoms with Gasteiger partial charge in [0.25, 0.3) is 0 Å². The van der Waals surface area contributed by atoms with Crippen molar-refractivity contribution < 1.29 is 0 Å². The van der Waals surface area contributed by atoms with E-state index in [4.69, 9.17) is 0 Å². The highest BCUT2D eigenvalue weighted by molar-refractivity contribution is 9.14. The highest BCUT2D eigenvalue weighted by Gasteiger charge is 1.97. The number of nitrogens with one attached hydrogen (secondary N) is 1. The second-order valence-corrected chi connectivity index (χ2v) is 3.12. The molecule has 1 aliphatic rings. The standard InChI is InChI=1S/C3H3BrNS/c4-3-1-2-5-6-3/h1-2,5H. The Morgan fingerprint density at radius 1 is 1.83 bits per heavy atom. The van der Waals surface area contributed by atoms with Gasteiger partial charge in [-0.2, -0.15) is 0 Å². The third-order valence-corrected chi connectivity index (χ3v) is 1.77. The molecule has 0 bridgehead atoms. The van der Waals surface area contributed by atoms with Gasteiger partial charge in [0.05, 0.1) is 10.4 Å². The van der Waals surface area contributed by atoms with Crippen LogP contribution in [0.4, 0.5) is 0 Å². The summed E-state index contributed by atoms with van der Waals surface area (Å²) in [6.45, 7) is 1.88. The van der Waals surface area contributed by atoms with Gasteiger partial charge >= 0.3 is 0 Å². The smallest absolute Gasteiger partial charge is 0.0633 e. The first-order chi connectivity index (χ1) is 2.89. The second kappa shape index (κ2) is 2.00. The van der Waals surface area contributed by atoms with Gasteiger partial charge in [0.15, 0.2) is 0 Å². The molecule has 6 heavy (non-hydrogen) atoms. The number of rotatable bonds is 0. The molecule has 0 spiro atoms. The topological polar surface area (TPSA) is 12.0 Å². The van der Waals surface area contributed by atoms with E-state index in [1.807, 2.05) is 12.6 Å². The lowest BCUT2D eigenvalue weighted by Gasteiger charge is -1.80. The van der Waals surface area contributed by atoms with Crippen LogP contribution in [-0.2, 0) is 0 Å². The Bertz CT molecular complexity index is 80.9. The van der Waals surface area contributed by atoms with Gasteiger partial charge in [-0.1, -0.05) is 0 Å². The van der Waals surface area contributed by atoms with Crippen LogP contribution in [0.1, 0.15) is 0 Å². The van der Waals surface area contributed by atoms with Crippen molar-refractivity contribution in [3.8, 4) is 0 Å². The Hall–Kier alpha value is 0.530. The number of hydrogen-bond acceptors (Lipinski definition) is 2. The molecule has 0 aromatic carbocycles. The fourth-order valence-corrected chi connectivity index (χ4v) is 1.02. The summed E-state index contributed by atoms with van der Waals surface area (Å²) >= 11 is 4.84. The van der Waals surface area contributed by atoms with Crippen LogP contribution in [-0.4, -0.2) is 0 Å². The van der Waals surface area contributed by atoms with Gasteiger partial charge in [0.2, 0.25) is 0 Å². The Balaban J connectivity index is 2.45. The lowest BCUT2D eigenvalue weighted by atomic mass is 10.7. The SMILES string of the molecule is BrC1=C[CH]NS1. The molecule has 0 unspecified atom stereocenters. The van der Waals surface area contributed by atoms with Gasteiger partial charge in [-0.25, -0.2) is 0 Å². The summed E-state index contributed by atoms with van der Waals surface area (Å²) in [5, 5.41) is 0. The van der Waals surface area contributed by atoms with Crippen LogP contribution in [0.3, 0.4) is 0 Å². The summed E-state index contributed by atoms with van der Waals surface area (Å²) in [6, 6.07) is 0. The monoisotopic (exact) mass is 164 g/mol. The number of halogens is 1. The first-order valence-corrected chi connectivity index (χ1v) is 3.12. The van der Waals surface area contributed by atoms with Crippen LogP contribution in [0, 0.1) is 6.54 Å². The Morgan fingerprint density at radius 3 is 2.83 bits per heavy atom. The third kappa shape index (κ3) is 0.996. The minimum absolute atomic E-state index is 1.14. The molecule has 1 radical (unpaired) electrons. The summed E-state index contributed by atoms with van der Waals surface area (Å²) in [6.07, 6.45) is 1.96. The molecule has 0 aliphatic carbocycles. The van der Waals surface area contributed by atoms with E-state index < -0.39 is 0 Å². The summed E-state index contributed by atoms with van der Waals surface area (Å²) in [5.74, 6) is 0. The lowest BCUT2D eigenvalue weighted by Crippen LogP contribution is -1.84. The molecule has 0 aromatic rings. The van der Waals surface area contributed by atoms with Crippen LogP contribution in [0.5, 0.6) is 0 Å². The Labute approximate surface area is 49.4 Å². The van der Waals surface area contributed by atoms with Crippen LogP contribution >= 0.6 is 27.9 Å². The van der Waals surface area contributed by atoms with Gasteiger partial charge in [0, 0.05) is 0 Å². The van der Waals surface area contributed by atoms with E-state index in [0.717, 1.165) is 3.81 Å². The van der Waals surface area contributed by atoms with E-state index in [0.29, 0.717) is 0 Å². The average Bonchev–Trinajstić information content (AvgIpc) is 1.86. The molecule has 0 fully saturated rings. The van der Waals surface area contributed by atoms with E-state index in [1.54, 1.807) is 11.9 Å². The predicted molar refractivity (Wildman–Crippen MR) is 32.0 cm³/mol. The molecule has 1 heterocycles. The van der Waals surface area contributed by atoms with Crippen molar-refractivity contribution in [3.05, 3.63) is 16.4 Å². The zero-order chi connectivity index (χ0) is 4.41. The summed E-state index contributed by atoms with van der Waals surface area (Å²) < 4.78 is 4.07. The van der Waals surface area contributed by atoms with Crippen molar-refractivity contribution in [2.75, 3.05) is 0 Å². The maximum atomic E-state index is 3.27. The first kappa shape index (κ1) is 4.68. The van der Waals surface area contributed by atoms with Gasteiger partial charge in [-0.3, -0.25) is 4.72 Å². The molecule has 0 saturated heterocycles. The van der Waals surface area contributed by atoms with Gasteiger partial charge in [0.1, 0.15) is 0 Å². The molecule has 0 amide bonds. The minimum Gasteiger partial charge on any atom is -0.251 e. The summed E-state index contributed by atoms with van der Waals surface area (Å²) in [4.78, 5) is 0. The van der Waals surface area contributed by atoms with E-state index in [2.05, 4.69) is 20.7 Å². The fraction of sp³-hybridized carbons (Fsp3) is 0. The maximum Gasteiger partial charge on any atom is 0.0633 e. The van der Waals surface area contributed by atoms with Crippen molar-refractivity contribution >= 4 is 27.9 Å². The van der Waals surface area contributed by atoms with E-state index in [1.165, 1.54) is 0 Å². The number of hydrogen-bond donors (Lipinski definition) is 1. The molecule has 1 aliphatic heterocycles.